The molecular formula is C42H52N2O15. The van der Waals surface area contributed by atoms with E-state index in [4.69, 9.17) is 53.8 Å². The second-order valence-electron chi connectivity index (χ2n) is 15.7. The number of nitrogens with two attached hydrogens (primary N) is 1. The molecule has 7 N–H and O–H groups in total. The smallest absolute Gasteiger partial charge is 0.317 e. The highest BCUT2D eigenvalue weighted by Gasteiger charge is 2.49. The average molecular weight is 825 g/mol. The van der Waals surface area contributed by atoms with E-state index >= 15 is 0 Å². The van der Waals surface area contributed by atoms with Gasteiger partial charge in [0.05, 0.1) is 19.1 Å². The number of carbonyl (C=O) groups is 2. The lowest BCUT2D eigenvalue weighted by Crippen LogP contribution is -2.61. The molecule has 0 aliphatic carbocycles. The van der Waals surface area contributed by atoms with E-state index in [1.807, 2.05) is 25.1 Å². The first-order valence-corrected chi connectivity index (χ1v) is 19.8. The van der Waals surface area contributed by atoms with E-state index in [0.29, 0.717) is 60.3 Å². The topological polar surface area (TPSA) is 236 Å². The molecule has 320 valence electrons. The summed E-state index contributed by atoms with van der Waals surface area (Å²) in [6, 6.07) is 10.4. The van der Waals surface area contributed by atoms with E-state index in [9.17, 15) is 24.9 Å². The van der Waals surface area contributed by atoms with Gasteiger partial charge < -0.3 is 69.5 Å². The Morgan fingerprint density at radius 3 is 2.53 bits per heavy atom. The maximum atomic E-state index is 12.0. The van der Waals surface area contributed by atoms with Crippen LogP contribution in [0.1, 0.15) is 72.6 Å². The van der Waals surface area contributed by atoms with Crippen LogP contribution in [0.15, 0.2) is 36.4 Å². The number of aliphatic carboxylic acids is 1. The summed E-state index contributed by atoms with van der Waals surface area (Å²) < 4.78 is 41.9. The lowest BCUT2D eigenvalue weighted by Gasteiger charge is -2.41. The summed E-state index contributed by atoms with van der Waals surface area (Å²) in [4.78, 5) is 35.0. The highest BCUT2D eigenvalue weighted by Crippen LogP contribution is 2.57. The summed E-state index contributed by atoms with van der Waals surface area (Å²) in [5, 5.41) is 45.0. The summed E-state index contributed by atoms with van der Waals surface area (Å²) in [5.74, 6) is 0.654. The molecular weight excluding hydrogens is 772 g/mol. The molecule has 8 atom stereocenters. The van der Waals surface area contributed by atoms with Gasteiger partial charge in [0.15, 0.2) is 29.6 Å². The second-order valence-corrected chi connectivity index (χ2v) is 15.7. The third-order valence-electron chi connectivity index (χ3n) is 10.7. The molecule has 4 aliphatic rings. The molecule has 1 fully saturated rings. The lowest BCUT2D eigenvalue weighted by atomic mass is 9.86. The van der Waals surface area contributed by atoms with E-state index in [2.05, 4.69) is 19.2 Å². The van der Waals surface area contributed by atoms with Crippen molar-refractivity contribution in [2.45, 2.75) is 95.2 Å². The Morgan fingerprint density at radius 1 is 0.983 bits per heavy atom. The number of hydrogen-bond acceptors (Lipinski definition) is 16. The fraction of sp³-hybridized carbons (Fsp3) is 0.524. The standard InChI is InChI=1S/C42H52N2O15/c1-5-21-7-22(10-25(45)9-21)8-23-11-31-27(39-29(17-51-31)26-12-32-40(55-19-54-32)28(6-20(2)3)38(26)57-39)13-30(23)58-59-41-37(50)36(49)33(18-52-35(48)14-34(46)47)56-42(41)53-16-24(43)15-44-4/h7,9-13,20,24,29,33,36-37,39,41-42,44-45,49-50H,5-6,8,14-19,43H2,1-4H3,(H,46,47). The first-order valence-electron chi connectivity index (χ1n) is 19.8. The van der Waals surface area contributed by atoms with Gasteiger partial charge in [0, 0.05) is 41.3 Å². The summed E-state index contributed by atoms with van der Waals surface area (Å²) in [5.41, 5.74) is 11.1. The van der Waals surface area contributed by atoms with Gasteiger partial charge in [-0.3, -0.25) is 9.59 Å². The number of carbonyl (C=O) groups excluding carboxylic acids is 1. The zero-order valence-electron chi connectivity index (χ0n) is 33.4. The Labute approximate surface area is 341 Å². The van der Waals surface area contributed by atoms with Crippen molar-refractivity contribution in [1.82, 2.24) is 5.32 Å². The maximum absolute atomic E-state index is 12.0. The first-order chi connectivity index (χ1) is 28.3. The quantitative estimate of drug-likeness (QED) is 0.0497. The Balaban J connectivity index is 1.20. The number of phenolic OH excluding ortho intramolecular Hbond substituents is 1. The van der Waals surface area contributed by atoms with Gasteiger partial charge in [0.1, 0.15) is 54.7 Å². The average Bonchev–Trinajstić information content (AvgIpc) is 3.82. The molecule has 59 heavy (non-hydrogen) atoms. The number of phenols is 1. The molecule has 8 unspecified atom stereocenters. The molecule has 4 heterocycles. The number of ether oxygens (including phenoxy) is 7. The number of likely N-dealkylation sites (N-methyl/N-ethyl adjacent to an activating group) is 1. The molecule has 0 saturated carbocycles. The van der Waals surface area contributed by atoms with Crippen molar-refractivity contribution in [2.24, 2.45) is 11.7 Å². The molecule has 0 spiro atoms. The summed E-state index contributed by atoms with van der Waals surface area (Å²) in [7, 11) is 1.72. The van der Waals surface area contributed by atoms with Crippen LogP contribution in [0, 0.1) is 5.92 Å². The molecule has 4 aliphatic heterocycles. The van der Waals surface area contributed by atoms with Gasteiger partial charge in [-0.25, -0.2) is 0 Å². The SMILES string of the molecule is CCc1cc(O)cc(Cc2cc3c(cc2OOC2C(OCC(N)CNC)OC(COC(=O)CC(=O)O)C(O)C2O)C2Oc4c(cc5c(c4CC(C)C)OCO5)C2CO3)c1. The predicted molar refractivity (Wildman–Crippen MR) is 207 cm³/mol. The Kier molecular flexibility index (Phi) is 13.0. The highest BCUT2D eigenvalue weighted by atomic mass is 17.2. The molecule has 3 aromatic carbocycles. The van der Waals surface area contributed by atoms with E-state index < -0.39 is 67.8 Å². The van der Waals surface area contributed by atoms with Crippen LogP contribution in [0.3, 0.4) is 0 Å². The lowest BCUT2D eigenvalue weighted by molar-refractivity contribution is -0.373. The van der Waals surface area contributed by atoms with Crippen LogP contribution in [0.5, 0.6) is 34.5 Å². The van der Waals surface area contributed by atoms with Crippen molar-refractivity contribution in [2.75, 3.05) is 40.2 Å². The number of aromatic hydroxyl groups is 1. The van der Waals surface area contributed by atoms with Gasteiger partial charge in [-0.2, -0.15) is 4.89 Å². The summed E-state index contributed by atoms with van der Waals surface area (Å²) in [6.07, 6.45) is -7.27. The van der Waals surface area contributed by atoms with Crippen LogP contribution in [-0.4, -0.2) is 109 Å². The number of fused-ring (bicyclic) bond motifs is 6. The number of benzene rings is 3. The van der Waals surface area contributed by atoms with Crippen LogP contribution in [0.25, 0.3) is 0 Å². The highest BCUT2D eigenvalue weighted by molar-refractivity contribution is 5.90. The van der Waals surface area contributed by atoms with Gasteiger partial charge in [0.25, 0.3) is 0 Å². The monoisotopic (exact) mass is 824 g/mol. The number of aliphatic hydroxyl groups excluding tert-OH is 2. The van der Waals surface area contributed by atoms with Crippen molar-refractivity contribution >= 4 is 11.9 Å². The number of esters is 1. The van der Waals surface area contributed by atoms with Crippen LogP contribution in [0.2, 0.25) is 0 Å². The summed E-state index contributed by atoms with van der Waals surface area (Å²) in [6.45, 7) is 6.43. The van der Waals surface area contributed by atoms with Crippen LogP contribution in [-0.2, 0) is 47.9 Å². The van der Waals surface area contributed by atoms with Crippen molar-refractivity contribution in [3.05, 3.63) is 69.8 Å². The fourth-order valence-corrected chi connectivity index (χ4v) is 7.86. The zero-order chi connectivity index (χ0) is 42.0. The molecule has 3 aromatic rings. The Morgan fingerprint density at radius 2 is 1.78 bits per heavy atom. The zero-order valence-corrected chi connectivity index (χ0v) is 33.4. The maximum Gasteiger partial charge on any atom is 0.317 e. The van der Waals surface area contributed by atoms with Gasteiger partial charge in [-0.1, -0.05) is 26.8 Å². The van der Waals surface area contributed by atoms with Crippen molar-refractivity contribution in [1.29, 1.82) is 0 Å². The molecule has 0 amide bonds. The molecule has 17 nitrogen and oxygen atoms in total. The van der Waals surface area contributed by atoms with E-state index in [0.717, 1.165) is 28.0 Å². The number of carboxylic acids is 1. The number of rotatable bonds is 17. The minimum Gasteiger partial charge on any atom is -0.508 e. The molecule has 0 bridgehead atoms. The van der Waals surface area contributed by atoms with E-state index in [-0.39, 0.29) is 37.2 Å². The van der Waals surface area contributed by atoms with Crippen molar-refractivity contribution in [3.63, 3.8) is 0 Å². The predicted octanol–water partition coefficient (Wildman–Crippen LogP) is 2.79. The minimum absolute atomic E-state index is 0.0718. The number of nitrogens with one attached hydrogen (secondary N) is 1. The third-order valence-corrected chi connectivity index (χ3v) is 10.7. The molecule has 17 heteroatoms. The van der Waals surface area contributed by atoms with Crippen LogP contribution < -0.4 is 34.9 Å². The van der Waals surface area contributed by atoms with E-state index in [1.54, 1.807) is 25.2 Å². The van der Waals surface area contributed by atoms with E-state index in [1.165, 1.54) is 0 Å². The van der Waals surface area contributed by atoms with Gasteiger partial charge in [-0.05, 0) is 67.3 Å². The van der Waals surface area contributed by atoms with Gasteiger partial charge >= 0.3 is 11.9 Å². The number of aryl methyl sites for hydroxylation is 1. The van der Waals surface area contributed by atoms with Crippen LogP contribution >= 0.6 is 0 Å². The van der Waals surface area contributed by atoms with Crippen molar-refractivity contribution in [3.8, 4) is 34.5 Å². The summed E-state index contributed by atoms with van der Waals surface area (Å²) >= 11 is 0. The minimum atomic E-state index is -1.71. The molecule has 0 aromatic heterocycles. The fourth-order valence-electron chi connectivity index (χ4n) is 7.86. The second kappa shape index (κ2) is 18.2. The molecule has 1 saturated heterocycles. The Bertz CT molecular complexity index is 2010. The molecule has 0 radical (unpaired) electrons. The number of hydrogen-bond donors (Lipinski definition) is 6. The molecule has 7 rings (SSSR count). The largest absolute Gasteiger partial charge is 0.508 e. The number of carboxylic acid groups (broad SMARTS) is 1. The number of aliphatic hydroxyl groups is 2. The first kappa shape index (κ1) is 42.3. The van der Waals surface area contributed by atoms with Gasteiger partial charge in [0.2, 0.25) is 6.79 Å². The third kappa shape index (κ3) is 9.31. The van der Waals surface area contributed by atoms with Gasteiger partial charge in [-0.15, -0.1) is 0 Å². The Hall–Kier alpha value is -4.88. The van der Waals surface area contributed by atoms with Crippen LogP contribution in [0.4, 0.5) is 0 Å². The van der Waals surface area contributed by atoms with Crippen molar-refractivity contribution < 1.29 is 72.9 Å². The normalized spacial score (nSPS) is 24.4.